The zero-order valence-corrected chi connectivity index (χ0v) is 11.0. The fourth-order valence-corrected chi connectivity index (χ4v) is 1.65. The molecular weight excluding hydrogens is 280 g/mol. The summed E-state index contributed by atoms with van der Waals surface area (Å²) in [6.45, 7) is 1.56. The number of nitro groups is 1. The van der Waals surface area contributed by atoms with Gasteiger partial charge in [0.25, 0.3) is 5.69 Å². The second-order valence-corrected chi connectivity index (χ2v) is 4.24. The van der Waals surface area contributed by atoms with Crippen molar-refractivity contribution in [1.82, 2.24) is 0 Å². The zero-order chi connectivity index (χ0) is 15.4. The summed E-state index contributed by atoms with van der Waals surface area (Å²) in [6, 6.07) is 8.83. The van der Waals surface area contributed by atoms with E-state index in [0.29, 0.717) is 11.4 Å². The Morgan fingerprint density at radius 2 is 1.86 bits per heavy atom. The Kier molecular flexibility index (Phi) is 4.22. The highest BCUT2D eigenvalue weighted by molar-refractivity contribution is 5.99. The maximum atomic E-state index is 13.5. The Morgan fingerprint density at radius 1 is 1.19 bits per heavy atom. The molecule has 7 heteroatoms. The van der Waals surface area contributed by atoms with Crippen molar-refractivity contribution in [2.24, 2.45) is 5.10 Å². The van der Waals surface area contributed by atoms with Crippen LogP contribution in [0.15, 0.2) is 47.6 Å². The van der Waals surface area contributed by atoms with Crippen LogP contribution in [-0.2, 0) is 0 Å². The monoisotopic (exact) mass is 291 g/mol. The molecule has 2 aromatic rings. The van der Waals surface area contributed by atoms with E-state index >= 15 is 0 Å². The van der Waals surface area contributed by atoms with Gasteiger partial charge in [0.1, 0.15) is 11.6 Å². The first-order chi connectivity index (χ1) is 9.97. The van der Waals surface area contributed by atoms with Crippen molar-refractivity contribution < 1.29 is 13.7 Å². The molecule has 0 heterocycles. The number of nitrogens with zero attached hydrogens (tertiary/aromatic N) is 2. The number of anilines is 1. The van der Waals surface area contributed by atoms with Gasteiger partial charge in [-0.25, -0.2) is 8.78 Å². The largest absolute Gasteiger partial charge is 0.278 e. The van der Waals surface area contributed by atoms with Crippen LogP contribution in [0.4, 0.5) is 20.2 Å². The first-order valence-corrected chi connectivity index (χ1v) is 5.97. The summed E-state index contributed by atoms with van der Waals surface area (Å²) in [5.74, 6) is -1.37. The molecule has 0 spiro atoms. The Morgan fingerprint density at radius 3 is 2.43 bits per heavy atom. The molecule has 0 saturated heterocycles. The second-order valence-electron chi connectivity index (χ2n) is 4.24. The molecule has 2 aromatic carbocycles. The molecule has 1 N–H and O–H groups in total. The maximum Gasteiger partial charge on any atom is 0.269 e. The van der Waals surface area contributed by atoms with Gasteiger partial charge in [-0.1, -0.05) is 0 Å². The molecule has 0 aliphatic carbocycles. The molecule has 0 amide bonds. The third-order valence-corrected chi connectivity index (χ3v) is 2.75. The van der Waals surface area contributed by atoms with Gasteiger partial charge in [-0.05, 0) is 31.2 Å². The second kappa shape index (κ2) is 6.08. The fourth-order valence-electron chi connectivity index (χ4n) is 1.65. The number of hydrogen-bond donors (Lipinski definition) is 1. The van der Waals surface area contributed by atoms with Crippen LogP contribution in [0.2, 0.25) is 0 Å². The highest BCUT2D eigenvalue weighted by Gasteiger charge is 2.07. The molecule has 0 aliphatic heterocycles. The van der Waals surface area contributed by atoms with Crippen LogP contribution < -0.4 is 5.43 Å². The van der Waals surface area contributed by atoms with Crippen LogP contribution in [0.1, 0.15) is 12.5 Å². The van der Waals surface area contributed by atoms with Gasteiger partial charge in [-0.15, -0.1) is 0 Å². The van der Waals surface area contributed by atoms with Gasteiger partial charge < -0.3 is 0 Å². The van der Waals surface area contributed by atoms with Gasteiger partial charge in [-0.2, -0.15) is 5.10 Å². The molecule has 0 radical (unpaired) electrons. The summed E-state index contributed by atoms with van der Waals surface area (Å²) >= 11 is 0. The van der Waals surface area contributed by atoms with Gasteiger partial charge in [0.05, 0.1) is 16.3 Å². The molecule has 0 saturated carbocycles. The van der Waals surface area contributed by atoms with Crippen molar-refractivity contribution in [3.05, 3.63) is 69.8 Å². The Balaban J connectivity index is 2.14. The number of nitrogens with one attached hydrogen (secondary N) is 1. The molecule has 0 atom stereocenters. The number of benzene rings is 2. The van der Waals surface area contributed by atoms with Gasteiger partial charge >= 0.3 is 0 Å². The highest BCUT2D eigenvalue weighted by atomic mass is 19.1. The first-order valence-electron chi connectivity index (χ1n) is 5.97. The van der Waals surface area contributed by atoms with Crippen LogP contribution in [0.25, 0.3) is 0 Å². The summed E-state index contributed by atoms with van der Waals surface area (Å²) in [6.07, 6.45) is 0. The van der Waals surface area contributed by atoms with E-state index in [4.69, 9.17) is 0 Å². The van der Waals surface area contributed by atoms with Gasteiger partial charge in [0, 0.05) is 23.8 Å². The summed E-state index contributed by atoms with van der Waals surface area (Å²) in [4.78, 5) is 10.0. The fraction of sp³-hybridized carbons (Fsp3) is 0.0714. The van der Waals surface area contributed by atoms with Crippen LogP contribution in [0.3, 0.4) is 0 Å². The molecule has 21 heavy (non-hydrogen) atoms. The van der Waals surface area contributed by atoms with E-state index in [1.54, 1.807) is 6.92 Å². The Labute approximate surface area is 119 Å². The molecule has 0 bridgehead atoms. The summed E-state index contributed by atoms with van der Waals surface area (Å²) in [5, 5.41) is 14.5. The van der Waals surface area contributed by atoms with Crippen molar-refractivity contribution in [2.75, 3.05) is 5.43 Å². The van der Waals surface area contributed by atoms with Crippen LogP contribution in [-0.4, -0.2) is 10.6 Å². The Bertz CT molecular complexity index is 700. The first kappa shape index (κ1) is 14.6. The molecule has 0 aromatic heterocycles. The maximum absolute atomic E-state index is 13.5. The minimum absolute atomic E-state index is 0.0363. The molecular formula is C14H11F2N3O2. The number of nitro benzene ring substituents is 1. The highest BCUT2D eigenvalue weighted by Crippen LogP contribution is 2.16. The normalized spacial score (nSPS) is 11.3. The van der Waals surface area contributed by atoms with Gasteiger partial charge in [0.15, 0.2) is 0 Å². The standard InChI is InChI=1S/C14H11F2N3O2/c1-9(13-7-2-10(15)8-14(13)16)17-18-11-3-5-12(6-4-11)19(20)21/h2-8,18H,1H3/b17-9+. The van der Waals surface area contributed by atoms with Gasteiger partial charge in [0.2, 0.25) is 0 Å². The van der Waals surface area contributed by atoms with Crippen molar-refractivity contribution in [1.29, 1.82) is 0 Å². The third-order valence-electron chi connectivity index (χ3n) is 2.75. The topological polar surface area (TPSA) is 67.5 Å². The number of non-ortho nitro benzene ring substituents is 1. The van der Waals surface area contributed by atoms with E-state index in [-0.39, 0.29) is 11.3 Å². The lowest BCUT2D eigenvalue weighted by molar-refractivity contribution is -0.384. The molecule has 0 fully saturated rings. The van der Waals surface area contributed by atoms with Crippen molar-refractivity contribution in [3.63, 3.8) is 0 Å². The molecule has 5 nitrogen and oxygen atoms in total. The smallest absolute Gasteiger partial charge is 0.269 e. The SMILES string of the molecule is C/C(=N\Nc1ccc([N+](=O)[O-])cc1)c1ccc(F)cc1F. The minimum Gasteiger partial charge on any atom is -0.278 e. The van der Waals surface area contributed by atoms with E-state index in [9.17, 15) is 18.9 Å². The van der Waals surface area contributed by atoms with Crippen molar-refractivity contribution >= 4 is 17.1 Å². The van der Waals surface area contributed by atoms with Crippen molar-refractivity contribution in [3.8, 4) is 0 Å². The predicted octanol–water partition coefficient (Wildman–Crippen LogP) is 3.71. The van der Waals surface area contributed by atoms with E-state index < -0.39 is 16.6 Å². The van der Waals surface area contributed by atoms with Crippen LogP contribution in [0.5, 0.6) is 0 Å². The van der Waals surface area contributed by atoms with E-state index in [1.165, 1.54) is 30.3 Å². The average molecular weight is 291 g/mol. The number of hydrogen-bond acceptors (Lipinski definition) is 4. The lowest BCUT2D eigenvalue weighted by Gasteiger charge is -2.05. The molecule has 0 aliphatic rings. The quantitative estimate of drug-likeness (QED) is 0.530. The van der Waals surface area contributed by atoms with Crippen LogP contribution >= 0.6 is 0 Å². The van der Waals surface area contributed by atoms with Crippen molar-refractivity contribution in [2.45, 2.75) is 6.92 Å². The van der Waals surface area contributed by atoms with Crippen LogP contribution in [0, 0.1) is 21.7 Å². The third kappa shape index (κ3) is 3.59. The average Bonchev–Trinajstić information content (AvgIpc) is 2.45. The lowest BCUT2D eigenvalue weighted by atomic mass is 10.1. The molecule has 2 rings (SSSR count). The summed E-state index contributed by atoms with van der Waals surface area (Å²) in [5.41, 5.74) is 3.63. The van der Waals surface area contributed by atoms with E-state index in [0.717, 1.165) is 12.1 Å². The predicted molar refractivity (Wildman–Crippen MR) is 75.3 cm³/mol. The Hall–Kier alpha value is -2.83. The number of hydrazone groups is 1. The van der Waals surface area contributed by atoms with E-state index in [1.807, 2.05) is 0 Å². The molecule has 0 unspecified atom stereocenters. The summed E-state index contributed by atoms with van der Waals surface area (Å²) < 4.78 is 26.4. The zero-order valence-electron chi connectivity index (χ0n) is 11.0. The number of halogens is 2. The van der Waals surface area contributed by atoms with E-state index in [2.05, 4.69) is 10.5 Å². The number of rotatable bonds is 4. The summed E-state index contributed by atoms with van der Waals surface area (Å²) in [7, 11) is 0. The van der Waals surface area contributed by atoms with Gasteiger partial charge in [-0.3, -0.25) is 15.5 Å². The molecule has 108 valence electrons. The minimum atomic E-state index is -0.707. The lowest BCUT2D eigenvalue weighted by Crippen LogP contribution is -2.03.